The number of amides is 1. The Morgan fingerprint density at radius 1 is 1.26 bits per heavy atom. The van der Waals surface area contributed by atoms with Gasteiger partial charge in [0.25, 0.3) is 5.91 Å². The Labute approximate surface area is 207 Å². The first kappa shape index (κ1) is 24.6. The molecule has 182 valence electrons. The maximum absolute atomic E-state index is 14.6. The van der Waals surface area contributed by atoms with Crippen LogP contribution in [0, 0.1) is 19.7 Å². The van der Waals surface area contributed by atoms with Gasteiger partial charge in [-0.2, -0.15) is 5.10 Å². The minimum absolute atomic E-state index is 0.176. The first-order valence-corrected chi connectivity index (χ1v) is 11.3. The number of fused-ring (bicyclic) bond motifs is 1. The topological polar surface area (TPSA) is 119 Å². The Balaban J connectivity index is 1.62. The minimum atomic E-state index is -1.38. The lowest BCUT2D eigenvalue weighted by molar-refractivity contribution is 0.0700. The molecule has 8 nitrogen and oxygen atoms in total. The molecule has 1 amide bonds. The molecule has 1 aromatic carbocycles. The second kappa shape index (κ2) is 9.24. The summed E-state index contributed by atoms with van der Waals surface area (Å²) in [6, 6.07) is 6.52. The largest absolute Gasteiger partial charge is 0.384 e. The third-order valence-electron chi connectivity index (χ3n) is 5.69. The summed E-state index contributed by atoms with van der Waals surface area (Å²) in [6.07, 6.45) is 2.94. The van der Waals surface area contributed by atoms with Gasteiger partial charge in [-0.15, -0.1) is 0 Å². The van der Waals surface area contributed by atoms with Gasteiger partial charge in [0.15, 0.2) is 0 Å². The fraction of sp³-hybridized carbons (Fsp3) is 0.280. The van der Waals surface area contributed by atoms with Crippen LogP contribution in [0.4, 0.5) is 10.2 Å². The summed E-state index contributed by atoms with van der Waals surface area (Å²) in [5.74, 6) is -0.460. The Hall–Kier alpha value is -3.56. The Morgan fingerprint density at radius 2 is 2.00 bits per heavy atom. The van der Waals surface area contributed by atoms with Crippen LogP contribution in [0.3, 0.4) is 0 Å². The minimum Gasteiger partial charge on any atom is -0.384 e. The lowest BCUT2D eigenvalue weighted by Gasteiger charge is -2.16. The normalized spacial score (nSPS) is 11.7. The molecule has 0 saturated heterocycles. The molecule has 0 aliphatic rings. The number of pyridine rings is 2. The number of benzene rings is 1. The highest BCUT2D eigenvalue weighted by atomic mass is 35.5. The molecule has 4 N–H and O–H groups in total. The second-order valence-corrected chi connectivity index (χ2v) is 9.50. The molecule has 0 spiro atoms. The van der Waals surface area contributed by atoms with E-state index in [0.29, 0.717) is 21.8 Å². The molecule has 0 fully saturated rings. The van der Waals surface area contributed by atoms with Crippen molar-refractivity contribution in [3.05, 3.63) is 81.1 Å². The van der Waals surface area contributed by atoms with Gasteiger partial charge >= 0.3 is 0 Å². The number of halogens is 2. The number of hydrogen-bond acceptors (Lipinski definition) is 6. The summed E-state index contributed by atoms with van der Waals surface area (Å²) in [5.41, 5.74) is 8.19. The van der Waals surface area contributed by atoms with Crippen LogP contribution in [0.2, 0.25) is 5.02 Å². The average molecular weight is 497 g/mol. The van der Waals surface area contributed by atoms with Crippen LogP contribution in [-0.2, 0) is 18.7 Å². The molecule has 0 atom stereocenters. The molecule has 0 bridgehead atoms. The first-order chi connectivity index (χ1) is 16.4. The van der Waals surface area contributed by atoms with E-state index in [1.807, 2.05) is 13.8 Å². The standard InChI is InChI=1S/C25H26ClFN6O2/c1-13-5-21(28)31-14(2)18(13)10-30-24(34)19-12-33(32-23(19)25(3,4)35)11-15-6-16-8-17(26)9-29-22(16)20(27)7-15/h5-9,12,35H,10-11H2,1-4H3,(H2,28,31)(H,30,34). The van der Waals surface area contributed by atoms with Crippen molar-refractivity contribution < 1.29 is 14.3 Å². The molecule has 4 rings (SSSR count). The van der Waals surface area contributed by atoms with Gasteiger partial charge in [0, 0.05) is 30.0 Å². The molecule has 10 heteroatoms. The van der Waals surface area contributed by atoms with Gasteiger partial charge in [-0.25, -0.2) is 9.37 Å². The Kier molecular flexibility index (Phi) is 6.48. The predicted octanol–water partition coefficient (Wildman–Crippen LogP) is 4.02. The number of nitrogens with zero attached hydrogens (tertiary/aromatic N) is 4. The van der Waals surface area contributed by atoms with Gasteiger partial charge in [0.2, 0.25) is 0 Å². The fourth-order valence-corrected chi connectivity index (χ4v) is 4.22. The maximum Gasteiger partial charge on any atom is 0.255 e. The summed E-state index contributed by atoms with van der Waals surface area (Å²) in [4.78, 5) is 21.4. The number of aliphatic hydroxyl groups is 1. The van der Waals surface area contributed by atoms with Crippen LogP contribution in [0.1, 0.15) is 52.3 Å². The maximum atomic E-state index is 14.6. The Bertz CT molecular complexity index is 1420. The van der Waals surface area contributed by atoms with E-state index in [-0.39, 0.29) is 29.9 Å². The third kappa shape index (κ3) is 5.26. The monoisotopic (exact) mass is 496 g/mol. The molecule has 0 aliphatic heterocycles. The summed E-state index contributed by atoms with van der Waals surface area (Å²) >= 11 is 6.01. The molecular formula is C25H26ClFN6O2. The van der Waals surface area contributed by atoms with E-state index in [0.717, 1.165) is 16.8 Å². The zero-order valence-electron chi connectivity index (χ0n) is 19.9. The van der Waals surface area contributed by atoms with Crippen molar-refractivity contribution >= 4 is 34.2 Å². The highest BCUT2D eigenvalue weighted by Crippen LogP contribution is 2.25. The lowest BCUT2D eigenvalue weighted by atomic mass is 10.0. The van der Waals surface area contributed by atoms with Crippen LogP contribution in [0.15, 0.2) is 36.7 Å². The third-order valence-corrected chi connectivity index (χ3v) is 5.90. The number of anilines is 1. The van der Waals surface area contributed by atoms with Gasteiger partial charge < -0.3 is 16.2 Å². The molecule has 4 aromatic rings. The van der Waals surface area contributed by atoms with Crippen LogP contribution < -0.4 is 11.1 Å². The number of aromatic nitrogens is 4. The number of carbonyl (C=O) groups excluding carboxylic acids is 1. The van der Waals surface area contributed by atoms with Crippen LogP contribution in [-0.4, -0.2) is 30.8 Å². The molecule has 3 aromatic heterocycles. The van der Waals surface area contributed by atoms with Crippen molar-refractivity contribution in [2.75, 3.05) is 5.73 Å². The van der Waals surface area contributed by atoms with E-state index < -0.39 is 17.3 Å². The number of rotatable bonds is 6. The number of nitrogen functional groups attached to an aromatic ring is 1. The van der Waals surface area contributed by atoms with Crippen molar-refractivity contribution in [1.29, 1.82) is 0 Å². The van der Waals surface area contributed by atoms with E-state index in [2.05, 4.69) is 20.4 Å². The van der Waals surface area contributed by atoms with Gasteiger partial charge in [0.1, 0.15) is 28.4 Å². The molecular weight excluding hydrogens is 471 g/mol. The van der Waals surface area contributed by atoms with E-state index in [9.17, 15) is 14.3 Å². The van der Waals surface area contributed by atoms with E-state index in [1.165, 1.54) is 16.9 Å². The summed E-state index contributed by atoms with van der Waals surface area (Å²) < 4.78 is 16.1. The van der Waals surface area contributed by atoms with Gasteiger partial charge in [-0.1, -0.05) is 11.6 Å². The lowest BCUT2D eigenvalue weighted by Crippen LogP contribution is -2.28. The second-order valence-electron chi connectivity index (χ2n) is 9.06. The van der Waals surface area contributed by atoms with Crippen molar-refractivity contribution in [3.63, 3.8) is 0 Å². The van der Waals surface area contributed by atoms with Gasteiger partial charge in [-0.3, -0.25) is 14.5 Å². The van der Waals surface area contributed by atoms with Crippen molar-refractivity contribution in [1.82, 2.24) is 25.1 Å². The van der Waals surface area contributed by atoms with Crippen molar-refractivity contribution in [2.45, 2.75) is 46.4 Å². The van der Waals surface area contributed by atoms with E-state index in [4.69, 9.17) is 17.3 Å². The SMILES string of the molecule is Cc1cc(N)nc(C)c1CNC(=O)c1cn(Cc2cc(F)c3ncc(Cl)cc3c2)nc1C(C)(C)O. The van der Waals surface area contributed by atoms with Gasteiger partial charge in [-0.05, 0) is 68.7 Å². The van der Waals surface area contributed by atoms with Crippen LogP contribution in [0.25, 0.3) is 10.9 Å². The van der Waals surface area contributed by atoms with Crippen molar-refractivity contribution in [2.24, 2.45) is 0 Å². The highest BCUT2D eigenvalue weighted by Gasteiger charge is 2.28. The van der Waals surface area contributed by atoms with Gasteiger partial charge in [0.05, 0.1) is 17.1 Å². The molecule has 0 unspecified atom stereocenters. The average Bonchev–Trinajstić information content (AvgIpc) is 3.17. The summed E-state index contributed by atoms with van der Waals surface area (Å²) in [7, 11) is 0. The fourth-order valence-electron chi connectivity index (χ4n) is 4.05. The zero-order valence-corrected chi connectivity index (χ0v) is 20.6. The van der Waals surface area contributed by atoms with E-state index in [1.54, 1.807) is 38.2 Å². The quantitative estimate of drug-likeness (QED) is 0.371. The Morgan fingerprint density at radius 3 is 2.69 bits per heavy atom. The number of nitrogens with one attached hydrogen (secondary N) is 1. The number of aryl methyl sites for hydroxylation is 2. The van der Waals surface area contributed by atoms with Crippen LogP contribution in [0.5, 0.6) is 0 Å². The summed E-state index contributed by atoms with van der Waals surface area (Å²) in [6.45, 7) is 7.25. The molecule has 35 heavy (non-hydrogen) atoms. The smallest absolute Gasteiger partial charge is 0.255 e. The molecule has 0 aliphatic carbocycles. The number of carbonyl (C=O) groups is 1. The molecule has 3 heterocycles. The summed E-state index contributed by atoms with van der Waals surface area (Å²) in [5, 5.41) is 18.9. The zero-order chi connectivity index (χ0) is 25.5. The van der Waals surface area contributed by atoms with Crippen LogP contribution >= 0.6 is 11.6 Å². The first-order valence-electron chi connectivity index (χ1n) is 11.0. The van der Waals surface area contributed by atoms with Crippen molar-refractivity contribution in [3.8, 4) is 0 Å². The number of nitrogens with two attached hydrogens (primary N) is 1. The molecule has 0 radical (unpaired) electrons. The molecule has 0 saturated carbocycles. The van der Waals surface area contributed by atoms with E-state index >= 15 is 0 Å². The predicted molar refractivity (Wildman–Crippen MR) is 133 cm³/mol. The number of hydrogen-bond donors (Lipinski definition) is 3. The highest BCUT2D eigenvalue weighted by molar-refractivity contribution is 6.31.